The molecule has 1 aliphatic rings. The summed E-state index contributed by atoms with van der Waals surface area (Å²) in [6, 6.07) is 3.90. The average molecular weight is 313 g/mol. The van der Waals surface area contributed by atoms with E-state index in [1.807, 2.05) is 0 Å². The highest BCUT2D eigenvalue weighted by atomic mass is 35.5. The summed E-state index contributed by atoms with van der Waals surface area (Å²) in [7, 11) is 1.63. The number of nitrogens with zero attached hydrogens (tertiary/aromatic N) is 2. The highest BCUT2D eigenvalue weighted by molar-refractivity contribution is 6.34. The molecule has 1 aromatic rings. The monoisotopic (exact) mass is 312 g/mol. The lowest BCUT2D eigenvalue weighted by Gasteiger charge is -2.36. The molecule has 7 heteroatoms. The second kappa shape index (κ2) is 6.41. The Bertz CT molecular complexity index is 564. The van der Waals surface area contributed by atoms with E-state index in [9.17, 15) is 14.9 Å². The van der Waals surface area contributed by atoms with Crippen LogP contribution >= 0.6 is 11.6 Å². The van der Waals surface area contributed by atoms with Gasteiger partial charge in [-0.3, -0.25) is 14.9 Å². The van der Waals surface area contributed by atoms with Gasteiger partial charge < -0.3 is 9.64 Å². The quantitative estimate of drug-likeness (QED) is 0.635. The van der Waals surface area contributed by atoms with E-state index in [0.29, 0.717) is 19.0 Å². The Morgan fingerprint density at radius 3 is 2.81 bits per heavy atom. The topological polar surface area (TPSA) is 72.7 Å². The molecule has 0 aromatic heterocycles. The number of carbonyl (C=O) groups is 1. The van der Waals surface area contributed by atoms with Gasteiger partial charge in [-0.1, -0.05) is 18.5 Å². The first-order chi connectivity index (χ1) is 9.93. The molecule has 114 valence electrons. The van der Waals surface area contributed by atoms with Gasteiger partial charge in [0.2, 0.25) is 0 Å². The maximum atomic E-state index is 12.5. The zero-order chi connectivity index (χ0) is 15.6. The van der Waals surface area contributed by atoms with Crippen molar-refractivity contribution in [3.63, 3.8) is 0 Å². The Hall–Kier alpha value is -1.66. The lowest BCUT2D eigenvalue weighted by molar-refractivity contribution is -0.384. The summed E-state index contributed by atoms with van der Waals surface area (Å²) >= 11 is 6.00. The summed E-state index contributed by atoms with van der Waals surface area (Å²) in [4.78, 5) is 24.3. The van der Waals surface area contributed by atoms with Gasteiger partial charge in [0.15, 0.2) is 0 Å². The van der Waals surface area contributed by atoms with Crippen LogP contribution in [0, 0.1) is 16.0 Å². The molecule has 1 fully saturated rings. The first-order valence-corrected chi connectivity index (χ1v) is 7.08. The standard InChI is InChI=1S/C14H17ClN2O4/c1-9-5-6-16(8-13(9)21-2)14(18)11-4-3-10(17(19)20)7-12(11)15/h3-4,7,9,13H,5-6,8H2,1-2H3. The fourth-order valence-corrected chi connectivity index (χ4v) is 2.74. The van der Waals surface area contributed by atoms with Crippen molar-refractivity contribution in [1.82, 2.24) is 4.90 Å². The Morgan fingerprint density at radius 2 is 2.24 bits per heavy atom. The van der Waals surface area contributed by atoms with Crippen LogP contribution in [0.3, 0.4) is 0 Å². The van der Waals surface area contributed by atoms with E-state index in [-0.39, 0.29) is 28.3 Å². The van der Waals surface area contributed by atoms with Gasteiger partial charge in [-0.05, 0) is 18.4 Å². The van der Waals surface area contributed by atoms with Crippen molar-refractivity contribution < 1.29 is 14.5 Å². The average Bonchev–Trinajstić information content (AvgIpc) is 2.46. The summed E-state index contributed by atoms with van der Waals surface area (Å²) in [6.07, 6.45) is 0.856. The second-order valence-electron chi connectivity index (χ2n) is 5.21. The minimum atomic E-state index is -0.538. The number of nitro benzene ring substituents is 1. The van der Waals surface area contributed by atoms with Crippen LogP contribution in [0.15, 0.2) is 18.2 Å². The van der Waals surface area contributed by atoms with Gasteiger partial charge in [0, 0.05) is 32.3 Å². The largest absolute Gasteiger partial charge is 0.379 e. The first kappa shape index (κ1) is 15.7. The molecule has 0 radical (unpaired) electrons. The second-order valence-corrected chi connectivity index (χ2v) is 5.62. The van der Waals surface area contributed by atoms with E-state index in [1.165, 1.54) is 18.2 Å². The maximum absolute atomic E-state index is 12.5. The number of non-ortho nitro benzene ring substituents is 1. The molecule has 0 aliphatic carbocycles. The highest BCUT2D eigenvalue weighted by Gasteiger charge is 2.30. The number of methoxy groups -OCH3 is 1. The SMILES string of the molecule is COC1CN(C(=O)c2ccc([N+](=O)[O-])cc2Cl)CCC1C. The van der Waals surface area contributed by atoms with E-state index in [1.54, 1.807) is 12.0 Å². The number of benzene rings is 1. The fraction of sp³-hybridized carbons (Fsp3) is 0.500. The van der Waals surface area contributed by atoms with Gasteiger partial charge in [-0.2, -0.15) is 0 Å². The van der Waals surface area contributed by atoms with Crippen molar-refractivity contribution in [1.29, 1.82) is 0 Å². The summed E-state index contributed by atoms with van der Waals surface area (Å²) in [5.74, 6) is 0.176. The number of ether oxygens (including phenoxy) is 1. The molecule has 1 heterocycles. The van der Waals surface area contributed by atoms with E-state index in [2.05, 4.69) is 6.92 Å². The lowest BCUT2D eigenvalue weighted by Crippen LogP contribution is -2.46. The molecular weight excluding hydrogens is 296 g/mol. The van der Waals surface area contributed by atoms with Gasteiger partial charge in [0.25, 0.3) is 11.6 Å². The molecule has 21 heavy (non-hydrogen) atoms. The molecule has 0 saturated carbocycles. The van der Waals surface area contributed by atoms with Crippen molar-refractivity contribution in [2.45, 2.75) is 19.4 Å². The molecule has 0 spiro atoms. The minimum Gasteiger partial charge on any atom is -0.379 e. The predicted molar refractivity (Wildman–Crippen MR) is 78.6 cm³/mol. The molecule has 0 bridgehead atoms. The van der Waals surface area contributed by atoms with Crippen LogP contribution in [0.25, 0.3) is 0 Å². The summed E-state index contributed by atoms with van der Waals surface area (Å²) < 4.78 is 5.38. The normalized spacial score (nSPS) is 22.1. The van der Waals surface area contributed by atoms with Crippen LogP contribution in [0.4, 0.5) is 5.69 Å². The van der Waals surface area contributed by atoms with Gasteiger partial charge in [0.1, 0.15) is 0 Å². The lowest BCUT2D eigenvalue weighted by atomic mass is 9.95. The van der Waals surface area contributed by atoms with Gasteiger partial charge in [-0.25, -0.2) is 0 Å². The van der Waals surface area contributed by atoms with Crippen LogP contribution in [0.2, 0.25) is 5.02 Å². The summed E-state index contributed by atoms with van der Waals surface area (Å²) in [5.41, 5.74) is 0.158. The van der Waals surface area contributed by atoms with Crippen LogP contribution in [0.5, 0.6) is 0 Å². The Morgan fingerprint density at radius 1 is 1.52 bits per heavy atom. The van der Waals surface area contributed by atoms with Gasteiger partial charge in [0.05, 0.1) is 21.6 Å². The van der Waals surface area contributed by atoms with E-state index in [4.69, 9.17) is 16.3 Å². The molecule has 2 atom stereocenters. The number of nitro groups is 1. The number of carbonyl (C=O) groups excluding carboxylic acids is 1. The van der Waals surface area contributed by atoms with E-state index < -0.39 is 4.92 Å². The van der Waals surface area contributed by atoms with Crippen molar-refractivity contribution in [3.05, 3.63) is 38.9 Å². The first-order valence-electron chi connectivity index (χ1n) is 6.70. The number of hydrogen-bond acceptors (Lipinski definition) is 4. The van der Waals surface area contributed by atoms with Crippen LogP contribution in [-0.2, 0) is 4.74 Å². The van der Waals surface area contributed by atoms with Gasteiger partial charge >= 0.3 is 0 Å². The zero-order valence-corrected chi connectivity index (χ0v) is 12.7. The van der Waals surface area contributed by atoms with Crippen LogP contribution < -0.4 is 0 Å². The van der Waals surface area contributed by atoms with E-state index >= 15 is 0 Å². The molecule has 0 N–H and O–H groups in total. The summed E-state index contributed by atoms with van der Waals surface area (Å²) in [6.45, 7) is 3.23. The van der Waals surface area contributed by atoms with Gasteiger partial charge in [-0.15, -0.1) is 0 Å². The molecule has 1 aromatic carbocycles. The number of piperidine rings is 1. The van der Waals surface area contributed by atoms with Crippen molar-refractivity contribution in [2.24, 2.45) is 5.92 Å². The molecule has 2 rings (SSSR count). The third-order valence-electron chi connectivity index (χ3n) is 3.87. The maximum Gasteiger partial charge on any atom is 0.270 e. The number of halogens is 1. The Balaban J connectivity index is 2.18. The molecule has 6 nitrogen and oxygen atoms in total. The van der Waals surface area contributed by atoms with Crippen molar-refractivity contribution in [2.75, 3.05) is 20.2 Å². The summed E-state index contributed by atoms with van der Waals surface area (Å²) in [5, 5.41) is 10.8. The number of likely N-dealkylation sites (tertiary alicyclic amines) is 1. The predicted octanol–water partition coefficient (Wildman–Crippen LogP) is 2.75. The Labute approximate surface area is 127 Å². The zero-order valence-electron chi connectivity index (χ0n) is 11.9. The number of hydrogen-bond donors (Lipinski definition) is 0. The van der Waals surface area contributed by atoms with Crippen molar-refractivity contribution in [3.8, 4) is 0 Å². The number of amides is 1. The molecule has 1 aliphatic heterocycles. The van der Waals surface area contributed by atoms with E-state index in [0.717, 1.165) is 6.42 Å². The molecule has 1 amide bonds. The smallest absolute Gasteiger partial charge is 0.270 e. The van der Waals surface area contributed by atoms with Crippen LogP contribution in [-0.4, -0.2) is 42.0 Å². The Kier molecular flexibility index (Phi) is 4.80. The third-order valence-corrected chi connectivity index (χ3v) is 4.19. The minimum absolute atomic E-state index is 0.000441. The molecule has 2 unspecified atom stereocenters. The van der Waals surface area contributed by atoms with Crippen LogP contribution in [0.1, 0.15) is 23.7 Å². The number of rotatable bonds is 3. The molecule has 1 saturated heterocycles. The van der Waals surface area contributed by atoms with Crippen molar-refractivity contribution >= 4 is 23.2 Å². The fourth-order valence-electron chi connectivity index (χ4n) is 2.49. The molecular formula is C14H17ClN2O4. The third kappa shape index (κ3) is 3.33. The highest BCUT2D eigenvalue weighted by Crippen LogP contribution is 2.26.